The van der Waals surface area contributed by atoms with Gasteiger partial charge in [0.25, 0.3) is 0 Å². The highest BCUT2D eigenvalue weighted by Gasteiger charge is 2.02. The molecular formula is C14H22N4. The van der Waals surface area contributed by atoms with Gasteiger partial charge in [0.15, 0.2) is 5.65 Å². The second kappa shape index (κ2) is 5.85. The standard InChI is InChI=1S/C14H22N4/c1-11(2)6-4-5-9-15-14-16-13-8-7-12(3)10-18(13)17-14/h7-8,10-11H,4-6,9H2,1-3H3,(H,15,17). The molecule has 0 saturated carbocycles. The van der Waals surface area contributed by atoms with Crippen molar-refractivity contribution in [1.29, 1.82) is 0 Å². The van der Waals surface area contributed by atoms with Crippen molar-refractivity contribution < 1.29 is 0 Å². The maximum Gasteiger partial charge on any atom is 0.243 e. The van der Waals surface area contributed by atoms with Gasteiger partial charge in [-0.15, -0.1) is 5.10 Å². The molecule has 2 aromatic heterocycles. The van der Waals surface area contributed by atoms with Crippen molar-refractivity contribution in [2.24, 2.45) is 5.92 Å². The van der Waals surface area contributed by atoms with Crippen molar-refractivity contribution in [2.75, 3.05) is 11.9 Å². The number of aryl methyl sites for hydroxylation is 1. The Hall–Kier alpha value is -1.58. The average molecular weight is 246 g/mol. The Morgan fingerprint density at radius 3 is 2.89 bits per heavy atom. The molecule has 98 valence electrons. The lowest BCUT2D eigenvalue weighted by Crippen LogP contribution is -2.03. The first-order valence-corrected chi connectivity index (χ1v) is 6.72. The molecule has 0 amide bonds. The smallest absolute Gasteiger partial charge is 0.243 e. The minimum absolute atomic E-state index is 0.727. The molecule has 2 heterocycles. The van der Waals surface area contributed by atoms with Crippen LogP contribution in [-0.4, -0.2) is 21.1 Å². The summed E-state index contributed by atoms with van der Waals surface area (Å²) < 4.78 is 1.83. The number of rotatable bonds is 6. The van der Waals surface area contributed by atoms with Gasteiger partial charge in [-0.3, -0.25) is 0 Å². The fraction of sp³-hybridized carbons (Fsp3) is 0.571. The first-order chi connectivity index (χ1) is 8.65. The van der Waals surface area contributed by atoms with Gasteiger partial charge in [0.05, 0.1) is 0 Å². The Morgan fingerprint density at radius 2 is 2.11 bits per heavy atom. The third kappa shape index (κ3) is 3.45. The van der Waals surface area contributed by atoms with E-state index in [1.165, 1.54) is 24.8 Å². The Bertz CT molecular complexity index is 501. The third-order valence-corrected chi connectivity index (χ3v) is 2.97. The molecular weight excluding hydrogens is 224 g/mol. The number of hydrogen-bond donors (Lipinski definition) is 1. The average Bonchev–Trinajstić information content (AvgIpc) is 2.70. The zero-order chi connectivity index (χ0) is 13.0. The first kappa shape index (κ1) is 12.9. The Balaban J connectivity index is 1.84. The van der Waals surface area contributed by atoms with Crippen molar-refractivity contribution in [3.63, 3.8) is 0 Å². The van der Waals surface area contributed by atoms with Crippen LogP contribution in [0.25, 0.3) is 5.65 Å². The number of nitrogens with zero attached hydrogens (tertiary/aromatic N) is 3. The van der Waals surface area contributed by atoms with E-state index >= 15 is 0 Å². The van der Waals surface area contributed by atoms with Gasteiger partial charge in [0.1, 0.15) is 0 Å². The molecule has 0 spiro atoms. The Labute approximate surface area is 108 Å². The molecule has 0 aliphatic heterocycles. The fourth-order valence-corrected chi connectivity index (χ4v) is 1.94. The lowest BCUT2D eigenvalue weighted by Gasteiger charge is -2.04. The monoisotopic (exact) mass is 246 g/mol. The summed E-state index contributed by atoms with van der Waals surface area (Å²) in [5.74, 6) is 1.52. The van der Waals surface area contributed by atoms with Crippen LogP contribution in [0.3, 0.4) is 0 Å². The van der Waals surface area contributed by atoms with Gasteiger partial charge in [-0.2, -0.15) is 4.98 Å². The van der Waals surface area contributed by atoms with Crippen LogP contribution in [0.15, 0.2) is 18.3 Å². The van der Waals surface area contributed by atoms with E-state index < -0.39 is 0 Å². The number of nitrogens with one attached hydrogen (secondary N) is 1. The highest BCUT2D eigenvalue weighted by atomic mass is 15.3. The van der Waals surface area contributed by atoms with Crippen LogP contribution in [-0.2, 0) is 0 Å². The fourth-order valence-electron chi connectivity index (χ4n) is 1.94. The number of unbranched alkanes of at least 4 members (excludes halogenated alkanes) is 1. The van der Waals surface area contributed by atoms with Gasteiger partial charge >= 0.3 is 0 Å². The predicted octanol–water partition coefficient (Wildman–Crippen LogP) is 3.28. The molecule has 0 saturated heterocycles. The zero-order valence-electron chi connectivity index (χ0n) is 11.5. The molecule has 18 heavy (non-hydrogen) atoms. The molecule has 0 aliphatic carbocycles. The highest BCUT2D eigenvalue weighted by molar-refractivity contribution is 5.43. The third-order valence-electron chi connectivity index (χ3n) is 2.97. The van der Waals surface area contributed by atoms with Crippen molar-refractivity contribution >= 4 is 11.6 Å². The summed E-state index contributed by atoms with van der Waals surface area (Å²) in [5, 5.41) is 7.68. The summed E-state index contributed by atoms with van der Waals surface area (Å²) in [6.45, 7) is 7.53. The van der Waals surface area contributed by atoms with E-state index in [4.69, 9.17) is 0 Å². The van der Waals surface area contributed by atoms with Crippen LogP contribution in [0.1, 0.15) is 38.7 Å². The van der Waals surface area contributed by atoms with Crippen LogP contribution < -0.4 is 5.32 Å². The van der Waals surface area contributed by atoms with Crippen molar-refractivity contribution in [3.8, 4) is 0 Å². The van der Waals surface area contributed by atoms with Gasteiger partial charge in [-0.05, 0) is 30.9 Å². The van der Waals surface area contributed by atoms with Gasteiger partial charge in [-0.25, -0.2) is 4.52 Å². The van der Waals surface area contributed by atoms with Crippen molar-refractivity contribution in [1.82, 2.24) is 14.6 Å². The van der Waals surface area contributed by atoms with E-state index in [1.807, 2.05) is 16.8 Å². The maximum atomic E-state index is 4.43. The van der Waals surface area contributed by atoms with E-state index in [2.05, 4.69) is 42.2 Å². The molecule has 0 atom stereocenters. The maximum absolute atomic E-state index is 4.43. The SMILES string of the molecule is Cc1ccc2nc(NCCCCC(C)C)nn2c1. The molecule has 4 nitrogen and oxygen atoms in total. The lowest BCUT2D eigenvalue weighted by atomic mass is 10.1. The first-order valence-electron chi connectivity index (χ1n) is 6.72. The van der Waals surface area contributed by atoms with Crippen molar-refractivity contribution in [2.45, 2.75) is 40.0 Å². The number of aromatic nitrogens is 3. The minimum Gasteiger partial charge on any atom is -0.353 e. The highest BCUT2D eigenvalue weighted by Crippen LogP contribution is 2.09. The zero-order valence-corrected chi connectivity index (χ0v) is 11.5. The topological polar surface area (TPSA) is 42.2 Å². The molecule has 0 aliphatic rings. The van der Waals surface area contributed by atoms with Gasteiger partial charge < -0.3 is 5.32 Å². The molecule has 2 rings (SSSR count). The van der Waals surface area contributed by atoms with Gasteiger partial charge in [-0.1, -0.05) is 32.8 Å². The second-order valence-corrected chi connectivity index (χ2v) is 5.26. The normalized spacial score (nSPS) is 11.3. The van der Waals surface area contributed by atoms with E-state index in [1.54, 1.807) is 0 Å². The lowest BCUT2D eigenvalue weighted by molar-refractivity contribution is 0.544. The summed E-state index contributed by atoms with van der Waals surface area (Å²) in [4.78, 5) is 4.43. The molecule has 0 fully saturated rings. The Kier molecular flexibility index (Phi) is 4.18. The summed E-state index contributed by atoms with van der Waals surface area (Å²) in [6, 6.07) is 4.04. The minimum atomic E-state index is 0.727. The van der Waals surface area contributed by atoms with E-state index in [0.29, 0.717) is 0 Å². The van der Waals surface area contributed by atoms with Crippen LogP contribution in [0.2, 0.25) is 0 Å². The van der Waals surface area contributed by atoms with E-state index in [0.717, 1.165) is 24.1 Å². The van der Waals surface area contributed by atoms with E-state index in [-0.39, 0.29) is 0 Å². The molecule has 0 radical (unpaired) electrons. The second-order valence-electron chi connectivity index (χ2n) is 5.26. The van der Waals surface area contributed by atoms with Crippen molar-refractivity contribution in [3.05, 3.63) is 23.9 Å². The predicted molar refractivity (Wildman–Crippen MR) is 74.9 cm³/mol. The molecule has 0 bridgehead atoms. The van der Waals surface area contributed by atoms with Crippen LogP contribution in [0.4, 0.5) is 5.95 Å². The largest absolute Gasteiger partial charge is 0.353 e. The number of fused-ring (bicyclic) bond motifs is 1. The summed E-state index contributed by atoms with van der Waals surface area (Å²) in [7, 11) is 0. The van der Waals surface area contributed by atoms with Crippen LogP contribution in [0.5, 0.6) is 0 Å². The van der Waals surface area contributed by atoms with E-state index in [9.17, 15) is 0 Å². The number of hydrogen-bond acceptors (Lipinski definition) is 3. The summed E-state index contributed by atoms with van der Waals surface area (Å²) in [5.41, 5.74) is 2.08. The summed E-state index contributed by atoms with van der Waals surface area (Å²) in [6.07, 6.45) is 5.72. The number of anilines is 1. The Morgan fingerprint density at radius 1 is 1.28 bits per heavy atom. The molecule has 2 aromatic rings. The molecule has 0 unspecified atom stereocenters. The van der Waals surface area contributed by atoms with Crippen LogP contribution in [0, 0.1) is 12.8 Å². The van der Waals surface area contributed by atoms with Crippen LogP contribution >= 0.6 is 0 Å². The summed E-state index contributed by atoms with van der Waals surface area (Å²) >= 11 is 0. The van der Waals surface area contributed by atoms with Gasteiger partial charge in [0.2, 0.25) is 5.95 Å². The quantitative estimate of drug-likeness (QED) is 0.795. The molecule has 1 N–H and O–H groups in total. The van der Waals surface area contributed by atoms with Gasteiger partial charge in [0, 0.05) is 12.7 Å². The molecule has 0 aromatic carbocycles. The molecule has 4 heteroatoms. The number of pyridine rings is 1.